The van der Waals surface area contributed by atoms with Gasteiger partial charge in [0.1, 0.15) is 17.6 Å². The molecule has 96 valence electrons. The van der Waals surface area contributed by atoms with Crippen molar-refractivity contribution in [3.63, 3.8) is 0 Å². The molecule has 0 bridgehead atoms. The van der Waals surface area contributed by atoms with Crippen molar-refractivity contribution >= 4 is 18.7 Å². The first-order chi connectivity index (χ1) is 8.70. The van der Waals surface area contributed by atoms with Crippen LogP contribution in [0.2, 0.25) is 0 Å². The molecule has 2 saturated heterocycles. The number of hydrogen-bond acceptors (Lipinski definition) is 4. The second-order valence-electron chi connectivity index (χ2n) is 4.75. The number of amides is 1. The van der Waals surface area contributed by atoms with E-state index in [0.717, 1.165) is 12.0 Å². The lowest BCUT2D eigenvalue weighted by molar-refractivity contribution is 0.102. The van der Waals surface area contributed by atoms with Gasteiger partial charge in [-0.3, -0.25) is 0 Å². The van der Waals surface area contributed by atoms with Crippen LogP contribution in [0, 0.1) is 0 Å². The third kappa shape index (κ3) is 2.20. The number of carbonyl (C=O) groups excluding carboxylic acids is 1. The fourth-order valence-corrected chi connectivity index (χ4v) is 2.68. The van der Waals surface area contributed by atoms with Crippen LogP contribution in [0.25, 0.3) is 0 Å². The van der Waals surface area contributed by atoms with Gasteiger partial charge in [-0.05, 0) is 12.0 Å². The standard InChI is InChI=1S/C13H15NO3S/c15-12(16-8-10-4-2-1-3-5-10)14-7-6-13(9-14)11(18)17-13/h1-5,11,18H,6-9H2. The van der Waals surface area contributed by atoms with Crippen molar-refractivity contribution in [2.24, 2.45) is 0 Å². The maximum Gasteiger partial charge on any atom is 0.410 e. The van der Waals surface area contributed by atoms with Crippen LogP contribution in [0.4, 0.5) is 4.79 Å². The summed E-state index contributed by atoms with van der Waals surface area (Å²) < 4.78 is 10.7. The van der Waals surface area contributed by atoms with Crippen molar-refractivity contribution in [1.29, 1.82) is 0 Å². The van der Waals surface area contributed by atoms with E-state index >= 15 is 0 Å². The van der Waals surface area contributed by atoms with Crippen molar-refractivity contribution in [3.8, 4) is 0 Å². The van der Waals surface area contributed by atoms with Crippen molar-refractivity contribution in [3.05, 3.63) is 35.9 Å². The zero-order valence-electron chi connectivity index (χ0n) is 9.91. The summed E-state index contributed by atoms with van der Waals surface area (Å²) in [6.07, 6.45) is 0.577. The van der Waals surface area contributed by atoms with E-state index in [-0.39, 0.29) is 17.1 Å². The molecular weight excluding hydrogens is 250 g/mol. The van der Waals surface area contributed by atoms with E-state index in [0.29, 0.717) is 19.7 Å². The molecule has 18 heavy (non-hydrogen) atoms. The summed E-state index contributed by atoms with van der Waals surface area (Å²) in [7, 11) is 0. The molecular formula is C13H15NO3S. The zero-order valence-corrected chi connectivity index (χ0v) is 10.8. The van der Waals surface area contributed by atoms with Gasteiger partial charge >= 0.3 is 6.09 Å². The molecule has 4 nitrogen and oxygen atoms in total. The lowest BCUT2D eigenvalue weighted by Crippen LogP contribution is -2.31. The summed E-state index contributed by atoms with van der Waals surface area (Å²) in [5.41, 5.74) is 0.772. The van der Waals surface area contributed by atoms with Gasteiger partial charge in [0.15, 0.2) is 0 Å². The van der Waals surface area contributed by atoms with Gasteiger partial charge in [-0.1, -0.05) is 30.3 Å². The van der Waals surface area contributed by atoms with Crippen LogP contribution >= 0.6 is 12.6 Å². The number of rotatable bonds is 2. The third-order valence-corrected chi connectivity index (χ3v) is 4.04. The van der Waals surface area contributed by atoms with Crippen LogP contribution in [0.1, 0.15) is 12.0 Å². The van der Waals surface area contributed by atoms with E-state index in [1.807, 2.05) is 30.3 Å². The van der Waals surface area contributed by atoms with Gasteiger partial charge in [-0.25, -0.2) is 4.79 Å². The van der Waals surface area contributed by atoms with E-state index < -0.39 is 0 Å². The first-order valence-corrected chi connectivity index (χ1v) is 6.53. The fraction of sp³-hybridized carbons (Fsp3) is 0.462. The second kappa shape index (κ2) is 4.48. The van der Waals surface area contributed by atoms with Gasteiger partial charge < -0.3 is 14.4 Å². The number of hydrogen-bond donors (Lipinski definition) is 1. The number of epoxide rings is 1. The van der Waals surface area contributed by atoms with Gasteiger partial charge in [-0.15, -0.1) is 12.6 Å². The minimum Gasteiger partial charge on any atom is -0.445 e. The van der Waals surface area contributed by atoms with Gasteiger partial charge in [0.2, 0.25) is 0 Å². The number of likely N-dealkylation sites (tertiary alicyclic amines) is 1. The minimum absolute atomic E-state index is 0.0237. The quantitative estimate of drug-likeness (QED) is 0.657. The molecule has 2 aliphatic rings. The predicted octanol–water partition coefficient (Wildman–Crippen LogP) is 2.05. The first-order valence-electron chi connectivity index (χ1n) is 6.01. The Morgan fingerprint density at radius 2 is 2.22 bits per heavy atom. The Bertz CT molecular complexity index is 453. The summed E-state index contributed by atoms with van der Waals surface area (Å²) >= 11 is 4.28. The molecule has 2 aliphatic heterocycles. The lowest BCUT2D eigenvalue weighted by atomic mass is 10.1. The number of carbonyl (C=O) groups is 1. The molecule has 0 aromatic heterocycles. The fourth-order valence-electron chi connectivity index (χ4n) is 2.26. The molecule has 0 aliphatic carbocycles. The average molecular weight is 265 g/mol. The molecule has 2 fully saturated rings. The van der Waals surface area contributed by atoms with Crippen LogP contribution in [0.5, 0.6) is 0 Å². The molecule has 0 saturated carbocycles. The molecule has 0 N–H and O–H groups in total. The van der Waals surface area contributed by atoms with Crippen LogP contribution in [0.3, 0.4) is 0 Å². The summed E-state index contributed by atoms with van der Waals surface area (Å²) in [6, 6.07) is 9.67. The third-order valence-electron chi connectivity index (χ3n) is 3.47. The van der Waals surface area contributed by atoms with Crippen LogP contribution in [0.15, 0.2) is 30.3 Å². The van der Waals surface area contributed by atoms with E-state index in [9.17, 15) is 4.79 Å². The van der Waals surface area contributed by atoms with E-state index in [1.165, 1.54) is 0 Å². The van der Waals surface area contributed by atoms with Gasteiger partial charge in [-0.2, -0.15) is 0 Å². The number of nitrogens with zero attached hydrogens (tertiary/aromatic N) is 1. The number of thiol groups is 1. The monoisotopic (exact) mass is 265 g/mol. The van der Waals surface area contributed by atoms with Gasteiger partial charge in [0.25, 0.3) is 0 Å². The second-order valence-corrected chi connectivity index (χ2v) is 5.22. The van der Waals surface area contributed by atoms with Crippen molar-refractivity contribution in [2.75, 3.05) is 13.1 Å². The zero-order chi connectivity index (χ0) is 12.6. The molecule has 1 spiro atoms. The van der Waals surface area contributed by atoms with Crippen molar-refractivity contribution in [2.45, 2.75) is 24.1 Å². The van der Waals surface area contributed by atoms with Crippen LogP contribution < -0.4 is 0 Å². The Morgan fingerprint density at radius 1 is 1.50 bits per heavy atom. The summed E-state index contributed by atoms with van der Waals surface area (Å²) in [5.74, 6) is 0. The molecule has 1 amide bonds. The predicted molar refractivity (Wildman–Crippen MR) is 69.4 cm³/mol. The maximum atomic E-state index is 11.9. The van der Waals surface area contributed by atoms with Crippen molar-refractivity contribution < 1.29 is 14.3 Å². The summed E-state index contributed by atoms with van der Waals surface area (Å²) in [5, 5.41) is 0. The SMILES string of the molecule is O=C(OCc1ccccc1)N1CCC2(C1)OC2S. The normalized spacial score (nSPS) is 29.6. The highest BCUT2D eigenvalue weighted by Crippen LogP contribution is 2.46. The van der Waals surface area contributed by atoms with Crippen molar-refractivity contribution in [1.82, 2.24) is 4.90 Å². The topological polar surface area (TPSA) is 42.1 Å². The maximum absolute atomic E-state index is 11.9. The van der Waals surface area contributed by atoms with E-state index in [2.05, 4.69) is 12.6 Å². The number of ether oxygens (including phenoxy) is 2. The molecule has 3 rings (SSSR count). The van der Waals surface area contributed by atoms with Gasteiger partial charge in [0.05, 0.1) is 6.54 Å². The number of benzene rings is 1. The minimum atomic E-state index is -0.272. The Labute approximate surface area is 111 Å². The summed E-state index contributed by atoms with van der Waals surface area (Å²) in [4.78, 5) is 13.6. The Balaban J connectivity index is 1.51. The highest BCUT2D eigenvalue weighted by atomic mass is 32.1. The Kier molecular flexibility index (Phi) is 2.95. The molecule has 2 heterocycles. The first kappa shape index (κ1) is 11.9. The molecule has 1 aromatic carbocycles. The molecule has 1 aromatic rings. The smallest absolute Gasteiger partial charge is 0.410 e. The highest BCUT2D eigenvalue weighted by Gasteiger charge is 2.59. The molecule has 2 atom stereocenters. The van der Waals surface area contributed by atoms with E-state index in [4.69, 9.17) is 9.47 Å². The lowest BCUT2D eigenvalue weighted by Gasteiger charge is -2.15. The molecule has 0 radical (unpaired) electrons. The molecule has 2 unspecified atom stereocenters. The highest BCUT2D eigenvalue weighted by molar-refractivity contribution is 7.81. The molecule has 5 heteroatoms. The average Bonchev–Trinajstić information content (AvgIpc) is 2.83. The van der Waals surface area contributed by atoms with E-state index in [1.54, 1.807) is 4.90 Å². The van der Waals surface area contributed by atoms with Crippen LogP contribution in [-0.2, 0) is 16.1 Å². The Hall–Kier alpha value is -1.20. The largest absolute Gasteiger partial charge is 0.445 e. The Morgan fingerprint density at radius 3 is 2.83 bits per heavy atom. The summed E-state index contributed by atoms with van der Waals surface area (Å²) in [6.45, 7) is 1.59. The van der Waals surface area contributed by atoms with Gasteiger partial charge in [0, 0.05) is 6.54 Å². The van der Waals surface area contributed by atoms with Crippen LogP contribution in [-0.4, -0.2) is 35.1 Å².